The number of aromatic amines is 1. The van der Waals surface area contributed by atoms with Gasteiger partial charge in [0.1, 0.15) is 0 Å². The summed E-state index contributed by atoms with van der Waals surface area (Å²) in [5, 5.41) is 7.74. The number of hydrogen-bond donors (Lipinski definition) is 2. The lowest BCUT2D eigenvalue weighted by Gasteiger charge is -2.36. The van der Waals surface area contributed by atoms with E-state index in [9.17, 15) is 0 Å². The number of aryl methyl sites for hydroxylation is 1. The number of pyridine rings is 1. The number of H-pyrrole nitrogens is 1. The first-order valence-corrected chi connectivity index (χ1v) is 12.2. The molecule has 0 saturated heterocycles. The van der Waals surface area contributed by atoms with Crippen LogP contribution in [0.1, 0.15) is 54.2 Å². The van der Waals surface area contributed by atoms with E-state index < -0.39 is 0 Å². The monoisotopic (exact) mass is 485 g/mol. The van der Waals surface area contributed by atoms with Crippen LogP contribution in [0.4, 0.5) is 11.5 Å². The summed E-state index contributed by atoms with van der Waals surface area (Å²) in [4.78, 5) is 16.5. The van der Waals surface area contributed by atoms with Gasteiger partial charge in [0.2, 0.25) is 0 Å². The minimum atomic E-state index is 0. The number of rotatable bonds is 2. The van der Waals surface area contributed by atoms with Crippen molar-refractivity contribution in [2.24, 2.45) is 11.1 Å². The number of nitrogens with zero attached hydrogens (tertiary/aromatic N) is 5. The highest BCUT2D eigenvalue weighted by Crippen LogP contribution is 2.53. The number of nitrogens with two attached hydrogens (primary N) is 1. The van der Waals surface area contributed by atoms with Crippen molar-refractivity contribution in [2.75, 3.05) is 11.4 Å². The molecule has 0 amide bonds. The van der Waals surface area contributed by atoms with Crippen LogP contribution in [-0.4, -0.2) is 31.7 Å². The predicted molar refractivity (Wildman–Crippen MR) is 140 cm³/mol. The van der Waals surface area contributed by atoms with Crippen molar-refractivity contribution in [1.82, 2.24) is 25.1 Å². The summed E-state index contributed by atoms with van der Waals surface area (Å²) in [5.74, 6) is 0.828. The molecule has 3 N–H and O–H groups in total. The molecular formula is C27H28ClN7. The van der Waals surface area contributed by atoms with E-state index in [4.69, 9.17) is 15.7 Å². The Morgan fingerprint density at radius 3 is 2.86 bits per heavy atom. The van der Waals surface area contributed by atoms with E-state index in [1.54, 1.807) is 0 Å². The van der Waals surface area contributed by atoms with E-state index in [2.05, 4.69) is 56.5 Å². The van der Waals surface area contributed by atoms with Crippen molar-refractivity contribution in [3.05, 3.63) is 77.4 Å². The van der Waals surface area contributed by atoms with E-state index in [0.29, 0.717) is 0 Å². The Morgan fingerprint density at radius 1 is 1.09 bits per heavy atom. The molecule has 1 spiro atoms. The number of nitrogens with one attached hydrogen (secondary N) is 1. The molecule has 35 heavy (non-hydrogen) atoms. The maximum absolute atomic E-state index is 6.74. The molecule has 1 aromatic carbocycles. The zero-order valence-corrected chi connectivity index (χ0v) is 20.3. The van der Waals surface area contributed by atoms with Crippen LogP contribution in [0.5, 0.6) is 0 Å². The van der Waals surface area contributed by atoms with E-state index in [0.717, 1.165) is 79.1 Å². The summed E-state index contributed by atoms with van der Waals surface area (Å²) in [6.45, 7) is 0.901. The Hall–Kier alpha value is -3.29. The molecule has 2 aliphatic carbocycles. The SMILES string of the molecule is Cl.N[C@H]1c2ccccc2C[C@@]12CC=C(c1cnc3c(N4CCCc5ncccc54)n[nH]c3n1)CC2. The van der Waals surface area contributed by atoms with Crippen LogP contribution in [0.2, 0.25) is 0 Å². The molecule has 178 valence electrons. The minimum Gasteiger partial charge on any atom is -0.323 e. The van der Waals surface area contributed by atoms with Gasteiger partial charge in [0.25, 0.3) is 0 Å². The second kappa shape index (κ2) is 8.43. The molecule has 0 unspecified atom stereocenters. The molecule has 2 atom stereocenters. The van der Waals surface area contributed by atoms with Gasteiger partial charge in [0.05, 0.1) is 23.3 Å². The Balaban J connectivity index is 0.00000229. The molecule has 0 radical (unpaired) electrons. The van der Waals surface area contributed by atoms with E-state index in [1.807, 2.05) is 18.5 Å². The fourth-order valence-electron chi connectivity index (χ4n) is 6.15. The lowest BCUT2D eigenvalue weighted by atomic mass is 9.70. The number of allylic oxidation sites excluding steroid dienone is 2. The fraction of sp³-hybridized carbons (Fsp3) is 0.333. The maximum atomic E-state index is 6.74. The van der Waals surface area contributed by atoms with Crippen LogP contribution in [0.15, 0.2) is 54.9 Å². The Morgan fingerprint density at radius 2 is 2.00 bits per heavy atom. The zero-order valence-electron chi connectivity index (χ0n) is 19.4. The highest BCUT2D eigenvalue weighted by Gasteiger charge is 2.44. The van der Waals surface area contributed by atoms with Crippen molar-refractivity contribution < 1.29 is 0 Å². The number of benzene rings is 1. The predicted octanol–water partition coefficient (Wildman–Crippen LogP) is 5.06. The second-order valence-electron chi connectivity index (χ2n) is 9.87. The molecule has 4 aromatic rings. The minimum absolute atomic E-state index is 0. The average Bonchev–Trinajstić information content (AvgIpc) is 3.43. The van der Waals surface area contributed by atoms with Crippen molar-refractivity contribution >= 4 is 40.6 Å². The maximum Gasteiger partial charge on any atom is 0.183 e. The van der Waals surface area contributed by atoms with Crippen LogP contribution in [0.25, 0.3) is 16.7 Å². The number of hydrogen-bond acceptors (Lipinski definition) is 6. The topological polar surface area (TPSA) is 96.6 Å². The summed E-state index contributed by atoms with van der Waals surface area (Å²) < 4.78 is 0. The standard InChI is InChI=1S/C27H27N7.ClH/c28-24-19-6-2-1-5-18(19)15-27(24)11-9-17(10-12-27)21-16-30-23-25(31-21)32-33-26(23)34-14-4-7-20-22(34)8-3-13-29-20;/h1-3,5-6,8-9,13,16,24H,4,7,10-12,14-15,28H2,(H,31,32,33);1H/t24-,27-;/m0./s1. The summed E-state index contributed by atoms with van der Waals surface area (Å²) >= 11 is 0. The lowest BCUT2D eigenvalue weighted by Crippen LogP contribution is -2.33. The number of anilines is 2. The molecule has 3 aromatic heterocycles. The van der Waals surface area contributed by atoms with Gasteiger partial charge in [-0.2, -0.15) is 5.10 Å². The largest absolute Gasteiger partial charge is 0.323 e. The highest BCUT2D eigenvalue weighted by molar-refractivity contribution is 5.87. The van der Waals surface area contributed by atoms with E-state index in [-0.39, 0.29) is 23.9 Å². The Kier molecular flexibility index (Phi) is 5.34. The summed E-state index contributed by atoms with van der Waals surface area (Å²) in [6, 6.07) is 12.8. The molecule has 1 aliphatic heterocycles. The van der Waals surface area contributed by atoms with E-state index >= 15 is 0 Å². The molecule has 8 heteroatoms. The first-order chi connectivity index (χ1) is 16.7. The van der Waals surface area contributed by atoms with Crippen molar-refractivity contribution in [3.8, 4) is 0 Å². The number of halogens is 1. The van der Waals surface area contributed by atoms with Crippen LogP contribution < -0.4 is 10.6 Å². The van der Waals surface area contributed by atoms with Gasteiger partial charge in [0, 0.05) is 18.8 Å². The summed E-state index contributed by atoms with van der Waals surface area (Å²) in [7, 11) is 0. The molecule has 7 nitrogen and oxygen atoms in total. The first-order valence-electron chi connectivity index (χ1n) is 12.2. The number of aromatic nitrogens is 5. The smallest absolute Gasteiger partial charge is 0.183 e. The van der Waals surface area contributed by atoms with Gasteiger partial charge in [-0.05, 0) is 72.8 Å². The fourth-order valence-corrected chi connectivity index (χ4v) is 6.15. The van der Waals surface area contributed by atoms with E-state index in [1.165, 1.54) is 16.7 Å². The van der Waals surface area contributed by atoms with Gasteiger partial charge < -0.3 is 10.6 Å². The molecular weight excluding hydrogens is 458 g/mol. The third kappa shape index (κ3) is 3.45. The van der Waals surface area contributed by atoms with Crippen LogP contribution in [0.3, 0.4) is 0 Å². The molecule has 0 bridgehead atoms. The van der Waals surface area contributed by atoms with Gasteiger partial charge in [-0.1, -0.05) is 30.3 Å². The Labute approximate surface area is 210 Å². The van der Waals surface area contributed by atoms with Crippen molar-refractivity contribution in [3.63, 3.8) is 0 Å². The number of fused-ring (bicyclic) bond motifs is 3. The third-order valence-electron chi connectivity index (χ3n) is 8.03. The first kappa shape index (κ1) is 22.2. The summed E-state index contributed by atoms with van der Waals surface area (Å²) in [5.41, 5.74) is 15.6. The molecule has 3 aliphatic rings. The Bertz CT molecular complexity index is 1440. The molecule has 0 fully saturated rings. The van der Waals surface area contributed by atoms with Crippen LogP contribution in [0, 0.1) is 5.41 Å². The third-order valence-corrected chi connectivity index (χ3v) is 8.03. The van der Waals surface area contributed by atoms with Crippen LogP contribution >= 0.6 is 12.4 Å². The normalized spacial score (nSPS) is 23.1. The quantitative estimate of drug-likeness (QED) is 0.411. The molecule has 4 heterocycles. The second-order valence-corrected chi connectivity index (χ2v) is 9.87. The zero-order chi connectivity index (χ0) is 22.7. The van der Waals surface area contributed by atoms with Crippen LogP contribution in [-0.2, 0) is 12.8 Å². The van der Waals surface area contributed by atoms with Gasteiger partial charge >= 0.3 is 0 Å². The van der Waals surface area contributed by atoms with Gasteiger partial charge in [-0.15, -0.1) is 12.4 Å². The van der Waals surface area contributed by atoms with Gasteiger partial charge in [0.15, 0.2) is 17.0 Å². The van der Waals surface area contributed by atoms with Gasteiger partial charge in [-0.3, -0.25) is 10.1 Å². The van der Waals surface area contributed by atoms with Gasteiger partial charge in [-0.25, -0.2) is 9.97 Å². The summed E-state index contributed by atoms with van der Waals surface area (Å²) in [6.07, 6.45) is 12.2. The molecule has 0 saturated carbocycles. The lowest BCUT2D eigenvalue weighted by molar-refractivity contribution is 0.224. The molecule has 7 rings (SSSR count). The van der Waals surface area contributed by atoms with Crippen molar-refractivity contribution in [2.45, 2.75) is 44.6 Å². The highest BCUT2D eigenvalue weighted by atomic mass is 35.5. The average molecular weight is 486 g/mol. The van der Waals surface area contributed by atoms with Crippen molar-refractivity contribution in [1.29, 1.82) is 0 Å².